The molecule has 1 amide bonds. The number of fused-ring (bicyclic) bond motifs is 1. The standard InChI is InChI=1S/C14H19F3N4O2/c15-14(16,17)9-5-6-21-11(7-9)19-20-12(21)8-18-13(22)23-10-3-1-2-4-10/h9-10H,1-8H2,(H,18,22). The minimum absolute atomic E-state index is 0.00800. The number of aromatic nitrogens is 3. The van der Waals surface area contributed by atoms with Crippen molar-refractivity contribution in [3.63, 3.8) is 0 Å². The van der Waals surface area contributed by atoms with Crippen LogP contribution >= 0.6 is 0 Å². The van der Waals surface area contributed by atoms with E-state index in [4.69, 9.17) is 4.74 Å². The molecule has 9 heteroatoms. The molecule has 0 saturated heterocycles. The second kappa shape index (κ2) is 6.37. The summed E-state index contributed by atoms with van der Waals surface area (Å²) in [6.45, 7) is 0.316. The second-order valence-electron chi connectivity index (χ2n) is 6.08. The first-order valence-electron chi connectivity index (χ1n) is 7.85. The van der Waals surface area contributed by atoms with E-state index in [-0.39, 0.29) is 32.0 Å². The fraction of sp³-hybridized carbons (Fsp3) is 0.786. The van der Waals surface area contributed by atoms with Gasteiger partial charge in [-0.1, -0.05) is 0 Å². The molecule has 2 heterocycles. The van der Waals surface area contributed by atoms with Crippen LogP contribution < -0.4 is 5.32 Å². The molecule has 0 radical (unpaired) electrons. The molecule has 0 aromatic carbocycles. The molecule has 128 valence electrons. The molecule has 23 heavy (non-hydrogen) atoms. The van der Waals surface area contributed by atoms with Crippen LogP contribution in [-0.2, 0) is 24.2 Å². The van der Waals surface area contributed by atoms with E-state index in [0.717, 1.165) is 25.7 Å². The number of ether oxygens (including phenoxy) is 1. The minimum Gasteiger partial charge on any atom is -0.446 e. The molecule has 2 aliphatic rings. The van der Waals surface area contributed by atoms with Gasteiger partial charge in [-0.3, -0.25) is 0 Å². The second-order valence-corrected chi connectivity index (χ2v) is 6.08. The fourth-order valence-corrected chi connectivity index (χ4v) is 3.15. The summed E-state index contributed by atoms with van der Waals surface area (Å²) in [6.07, 6.45) is -1.02. The third kappa shape index (κ3) is 3.76. The third-order valence-electron chi connectivity index (χ3n) is 4.46. The van der Waals surface area contributed by atoms with E-state index in [1.54, 1.807) is 4.57 Å². The number of alkyl halides is 3. The quantitative estimate of drug-likeness (QED) is 0.924. The summed E-state index contributed by atoms with van der Waals surface area (Å²) in [5.74, 6) is -0.587. The van der Waals surface area contributed by atoms with Crippen LogP contribution in [0.3, 0.4) is 0 Å². The van der Waals surface area contributed by atoms with Gasteiger partial charge in [-0.05, 0) is 32.1 Å². The van der Waals surface area contributed by atoms with E-state index in [1.165, 1.54) is 0 Å². The highest BCUT2D eigenvalue weighted by Gasteiger charge is 2.42. The lowest BCUT2D eigenvalue weighted by atomic mass is 9.97. The Morgan fingerprint density at radius 2 is 2.00 bits per heavy atom. The predicted molar refractivity (Wildman–Crippen MR) is 73.5 cm³/mol. The van der Waals surface area contributed by atoms with Crippen LogP contribution in [0, 0.1) is 5.92 Å². The zero-order valence-electron chi connectivity index (χ0n) is 12.6. The van der Waals surface area contributed by atoms with Crippen molar-refractivity contribution in [1.82, 2.24) is 20.1 Å². The molecule has 6 nitrogen and oxygen atoms in total. The van der Waals surface area contributed by atoms with Crippen LogP contribution in [0.4, 0.5) is 18.0 Å². The van der Waals surface area contributed by atoms with Gasteiger partial charge in [-0.25, -0.2) is 4.79 Å². The topological polar surface area (TPSA) is 69.0 Å². The minimum atomic E-state index is -4.21. The van der Waals surface area contributed by atoms with E-state index in [2.05, 4.69) is 15.5 Å². The lowest BCUT2D eigenvalue weighted by molar-refractivity contribution is -0.179. The van der Waals surface area contributed by atoms with Crippen molar-refractivity contribution in [2.45, 2.75) is 63.9 Å². The number of nitrogens with zero attached hydrogens (tertiary/aromatic N) is 3. The summed E-state index contributed by atoms with van der Waals surface area (Å²) in [7, 11) is 0. The molecule has 1 N–H and O–H groups in total. The van der Waals surface area contributed by atoms with Crippen LogP contribution in [0.1, 0.15) is 43.8 Å². The third-order valence-corrected chi connectivity index (χ3v) is 4.46. The van der Waals surface area contributed by atoms with Gasteiger partial charge in [0.15, 0.2) is 5.82 Å². The van der Waals surface area contributed by atoms with Crippen molar-refractivity contribution in [3.05, 3.63) is 11.6 Å². The maximum atomic E-state index is 12.8. The van der Waals surface area contributed by atoms with E-state index < -0.39 is 18.2 Å². The van der Waals surface area contributed by atoms with Gasteiger partial charge in [0.05, 0.1) is 12.5 Å². The Morgan fingerprint density at radius 3 is 2.70 bits per heavy atom. The van der Waals surface area contributed by atoms with Crippen molar-refractivity contribution in [2.75, 3.05) is 0 Å². The number of halogens is 3. The molecule has 1 aromatic heterocycles. The van der Waals surface area contributed by atoms with Crippen molar-refractivity contribution in [1.29, 1.82) is 0 Å². The summed E-state index contributed by atoms with van der Waals surface area (Å²) in [4.78, 5) is 11.7. The molecule has 1 unspecified atom stereocenters. The predicted octanol–water partition coefficient (Wildman–Crippen LogP) is 2.57. The molecule has 1 saturated carbocycles. The normalized spacial score (nSPS) is 22.0. The Hall–Kier alpha value is -1.80. The Balaban J connectivity index is 1.54. The molecule has 0 bridgehead atoms. The highest BCUT2D eigenvalue weighted by Crippen LogP contribution is 2.34. The summed E-state index contributed by atoms with van der Waals surface area (Å²) >= 11 is 0. The van der Waals surface area contributed by atoms with E-state index in [0.29, 0.717) is 11.6 Å². The molecule has 0 spiro atoms. The molecule has 1 aliphatic heterocycles. The number of rotatable bonds is 3. The SMILES string of the molecule is O=C(NCc1nnc2n1CCC(C(F)(F)F)C2)OC1CCCC1. The number of carbonyl (C=O) groups is 1. The average Bonchev–Trinajstić information content (AvgIpc) is 3.13. The van der Waals surface area contributed by atoms with Gasteiger partial charge >= 0.3 is 12.3 Å². The summed E-state index contributed by atoms with van der Waals surface area (Å²) in [6, 6.07) is 0. The van der Waals surface area contributed by atoms with Crippen LogP contribution in [0.25, 0.3) is 0 Å². The van der Waals surface area contributed by atoms with E-state index in [9.17, 15) is 18.0 Å². The molecule has 1 aliphatic carbocycles. The first kappa shape index (κ1) is 16.1. The summed E-state index contributed by atoms with van der Waals surface area (Å²) < 4.78 is 45.2. The van der Waals surface area contributed by atoms with Gasteiger partial charge in [0.2, 0.25) is 0 Å². The van der Waals surface area contributed by atoms with Crippen LogP contribution in [0.2, 0.25) is 0 Å². The zero-order valence-corrected chi connectivity index (χ0v) is 12.6. The van der Waals surface area contributed by atoms with Gasteiger partial charge in [0.1, 0.15) is 11.9 Å². The number of nitrogens with one attached hydrogen (secondary N) is 1. The maximum absolute atomic E-state index is 12.8. The number of hydrogen-bond donors (Lipinski definition) is 1. The number of alkyl carbamates (subject to hydrolysis) is 1. The average molecular weight is 332 g/mol. The van der Waals surface area contributed by atoms with Gasteiger partial charge in [-0.2, -0.15) is 13.2 Å². The van der Waals surface area contributed by atoms with Crippen molar-refractivity contribution < 1.29 is 22.7 Å². The molecule has 1 aromatic rings. The Labute approximate surface area is 131 Å². The summed E-state index contributed by atoms with van der Waals surface area (Å²) in [5.41, 5.74) is 0. The monoisotopic (exact) mass is 332 g/mol. The lowest BCUT2D eigenvalue weighted by Crippen LogP contribution is -2.33. The van der Waals surface area contributed by atoms with Crippen molar-refractivity contribution >= 4 is 6.09 Å². The van der Waals surface area contributed by atoms with Crippen LogP contribution in [0.15, 0.2) is 0 Å². The van der Waals surface area contributed by atoms with Crippen molar-refractivity contribution in [3.8, 4) is 0 Å². The fourth-order valence-electron chi connectivity index (χ4n) is 3.15. The van der Waals surface area contributed by atoms with Crippen LogP contribution in [0.5, 0.6) is 0 Å². The highest BCUT2D eigenvalue weighted by atomic mass is 19.4. The Morgan fingerprint density at radius 1 is 1.26 bits per heavy atom. The molecular weight excluding hydrogens is 313 g/mol. The van der Waals surface area contributed by atoms with Gasteiger partial charge in [0.25, 0.3) is 0 Å². The van der Waals surface area contributed by atoms with Gasteiger partial charge < -0.3 is 14.6 Å². The Kier molecular flexibility index (Phi) is 4.45. The molecule has 1 atom stereocenters. The van der Waals surface area contributed by atoms with Gasteiger partial charge in [-0.15, -0.1) is 10.2 Å². The number of hydrogen-bond acceptors (Lipinski definition) is 4. The molecule has 1 fully saturated rings. The number of carbonyl (C=O) groups excluding carboxylic acids is 1. The maximum Gasteiger partial charge on any atom is 0.407 e. The smallest absolute Gasteiger partial charge is 0.407 e. The summed E-state index contributed by atoms with van der Waals surface area (Å²) in [5, 5.41) is 10.3. The van der Waals surface area contributed by atoms with E-state index >= 15 is 0 Å². The van der Waals surface area contributed by atoms with Crippen molar-refractivity contribution in [2.24, 2.45) is 5.92 Å². The van der Waals surface area contributed by atoms with Crippen LogP contribution in [-0.4, -0.2) is 33.1 Å². The Bertz CT molecular complexity index is 567. The van der Waals surface area contributed by atoms with E-state index in [1.807, 2.05) is 0 Å². The zero-order chi connectivity index (χ0) is 16.4. The molecular formula is C14H19F3N4O2. The van der Waals surface area contributed by atoms with Gasteiger partial charge in [0, 0.05) is 13.0 Å². The highest BCUT2D eigenvalue weighted by molar-refractivity contribution is 5.67. The largest absolute Gasteiger partial charge is 0.446 e. The first-order valence-corrected chi connectivity index (χ1v) is 7.85. The first-order chi connectivity index (χ1) is 10.9. The lowest BCUT2D eigenvalue weighted by Gasteiger charge is -2.25. The molecule has 3 rings (SSSR count). The number of amides is 1.